The molecule has 2 aliphatic rings. The van der Waals surface area contributed by atoms with Crippen molar-refractivity contribution >= 4 is 19.9 Å². The molecule has 0 radical (unpaired) electrons. The highest BCUT2D eigenvalue weighted by atomic mass is 32.2. The van der Waals surface area contributed by atoms with Gasteiger partial charge in [0.15, 0.2) is 9.84 Å². The zero-order valence-electron chi connectivity index (χ0n) is 11.4. The Morgan fingerprint density at radius 3 is 2.26 bits per heavy atom. The average Bonchev–Trinajstić information content (AvgIpc) is 2.71. The molecule has 0 aromatic heterocycles. The van der Waals surface area contributed by atoms with Crippen LogP contribution in [0.4, 0.5) is 0 Å². The third-order valence-corrected chi connectivity index (χ3v) is 8.71. The molecule has 19 heavy (non-hydrogen) atoms. The van der Waals surface area contributed by atoms with Crippen LogP contribution in [0.15, 0.2) is 0 Å². The van der Waals surface area contributed by atoms with E-state index in [1.165, 1.54) is 4.31 Å². The van der Waals surface area contributed by atoms with E-state index in [1.807, 2.05) is 7.05 Å². The molecule has 1 unspecified atom stereocenters. The summed E-state index contributed by atoms with van der Waals surface area (Å²) in [6, 6.07) is 0. The fraction of sp³-hybridized carbons (Fsp3) is 1.00. The summed E-state index contributed by atoms with van der Waals surface area (Å²) in [4.78, 5) is 0. The van der Waals surface area contributed by atoms with Gasteiger partial charge >= 0.3 is 0 Å². The topological polar surface area (TPSA) is 83.6 Å². The Kier molecular flexibility index (Phi) is 3.99. The Morgan fingerprint density at radius 2 is 1.84 bits per heavy atom. The van der Waals surface area contributed by atoms with Crippen molar-refractivity contribution in [1.29, 1.82) is 0 Å². The van der Waals surface area contributed by atoms with Crippen LogP contribution < -0.4 is 5.32 Å². The molecule has 2 rings (SSSR count). The summed E-state index contributed by atoms with van der Waals surface area (Å²) >= 11 is 0. The summed E-state index contributed by atoms with van der Waals surface area (Å²) in [5.41, 5.74) is -0.0201. The van der Waals surface area contributed by atoms with E-state index in [4.69, 9.17) is 0 Å². The fourth-order valence-electron chi connectivity index (χ4n) is 2.69. The van der Waals surface area contributed by atoms with Gasteiger partial charge in [-0.2, -0.15) is 0 Å². The number of nitrogens with zero attached hydrogens (tertiary/aromatic N) is 1. The molecule has 2 aliphatic heterocycles. The number of rotatable bonds is 3. The highest BCUT2D eigenvalue weighted by molar-refractivity contribution is 7.95. The lowest BCUT2D eigenvalue weighted by Gasteiger charge is -2.39. The van der Waals surface area contributed by atoms with Crippen LogP contribution in [0, 0.1) is 0 Å². The van der Waals surface area contributed by atoms with Crippen LogP contribution in [-0.4, -0.2) is 63.6 Å². The summed E-state index contributed by atoms with van der Waals surface area (Å²) in [6.07, 6.45) is 1.74. The summed E-state index contributed by atoms with van der Waals surface area (Å²) < 4.78 is 49.2. The molecule has 8 heteroatoms. The molecular weight excluding hydrogens is 288 g/mol. The Bertz CT molecular complexity index is 533. The van der Waals surface area contributed by atoms with Gasteiger partial charge < -0.3 is 5.32 Å². The zero-order chi connectivity index (χ0) is 14.3. The van der Waals surface area contributed by atoms with E-state index in [0.29, 0.717) is 13.1 Å². The molecule has 2 fully saturated rings. The summed E-state index contributed by atoms with van der Waals surface area (Å²) in [5.74, 6) is -0.214. The van der Waals surface area contributed by atoms with Crippen molar-refractivity contribution in [2.45, 2.75) is 37.0 Å². The van der Waals surface area contributed by atoms with Crippen molar-refractivity contribution in [1.82, 2.24) is 9.62 Å². The number of hydrogen-bond donors (Lipinski definition) is 1. The quantitative estimate of drug-likeness (QED) is 0.765. The smallest absolute Gasteiger partial charge is 0.218 e. The fourth-order valence-corrected chi connectivity index (χ4v) is 7.22. The van der Waals surface area contributed by atoms with Gasteiger partial charge in [0.1, 0.15) is 0 Å². The molecule has 0 aliphatic carbocycles. The lowest BCUT2D eigenvalue weighted by molar-refractivity contribution is 0.218. The normalized spacial score (nSPS) is 31.4. The lowest BCUT2D eigenvalue weighted by atomic mass is 9.91. The van der Waals surface area contributed by atoms with E-state index in [2.05, 4.69) is 12.2 Å². The Labute approximate surface area is 115 Å². The van der Waals surface area contributed by atoms with E-state index in [1.54, 1.807) is 0 Å². The first-order valence-electron chi connectivity index (χ1n) is 6.57. The lowest BCUT2D eigenvalue weighted by Crippen LogP contribution is -2.53. The highest BCUT2D eigenvalue weighted by Gasteiger charge is 2.42. The Morgan fingerprint density at radius 1 is 1.26 bits per heavy atom. The molecule has 0 aromatic rings. The second-order valence-corrected chi connectivity index (χ2v) is 10.2. The summed E-state index contributed by atoms with van der Waals surface area (Å²) in [6.45, 7) is 3.02. The predicted molar refractivity (Wildman–Crippen MR) is 74.3 cm³/mol. The maximum Gasteiger partial charge on any atom is 0.218 e. The van der Waals surface area contributed by atoms with Gasteiger partial charge in [-0.15, -0.1) is 0 Å². The van der Waals surface area contributed by atoms with Gasteiger partial charge in [0.2, 0.25) is 10.0 Å². The van der Waals surface area contributed by atoms with Crippen LogP contribution in [0.25, 0.3) is 0 Å². The standard InChI is InChI=1S/C11H22N2O4S2/c1-11(12-2)4-6-13(7-5-11)19(16,17)10-3-8-18(14,15)9-10/h10,12H,3-9H2,1-2H3. The predicted octanol–water partition coefficient (Wildman–Crippen LogP) is -0.423. The van der Waals surface area contributed by atoms with Crippen molar-refractivity contribution < 1.29 is 16.8 Å². The van der Waals surface area contributed by atoms with E-state index >= 15 is 0 Å². The van der Waals surface area contributed by atoms with Crippen molar-refractivity contribution in [2.24, 2.45) is 0 Å². The van der Waals surface area contributed by atoms with Crippen LogP contribution in [0.3, 0.4) is 0 Å². The number of hydrogen-bond acceptors (Lipinski definition) is 5. The minimum atomic E-state index is -3.46. The molecule has 2 saturated heterocycles. The van der Waals surface area contributed by atoms with Crippen molar-refractivity contribution in [2.75, 3.05) is 31.6 Å². The largest absolute Gasteiger partial charge is 0.314 e. The van der Waals surface area contributed by atoms with Gasteiger partial charge in [-0.05, 0) is 33.2 Å². The minimum absolute atomic E-state index is 0.00102. The molecule has 0 aromatic carbocycles. The van der Waals surface area contributed by atoms with Crippen LogP contribution in [0.1, 0.15) is 26.2 Å². The van der Waals surface area contributed by atoms with Crippen molar-refractivity contribution in [3.8, 4) is 0 Å². The average molecular weight is 310 g/mol. The van der Waals surface area contributed by atoms with Gasteiger partial charge in [0.05, 0.1) is 16.8 Å². The summed E-state index contributed by atoms with van der Waals surface area (Å²) in [7, 11) is -4.75. The molecule has 1 N–H and O–H groups in total. The molecule has 112 valence electrons. The van der Waals surface area contributed by atoms with Crippen LogP contribution in [-0.2, 0) is 19.9 Å². The Balaban J connectivity index is 2.07. The van der Waals surface area contributed by atoms with Gasteiger partial charge in [-0.1, -0.05) is 0 Å². The monoisotopic (exact) mass is 310 g/mol. The number of sulfonamides is 1. The van der Waals surface area contributed by atoms with Crippen LogP contribution in [0.5, 0.6) is 0 Å². The third kappa shape index (κ3) is 3.12. The van der Waals surface area contributed by atoms with E-state index in [-0.39, 0.29) is 23.5 Å². The number of sulfone groups is 1. The number of nitrogens with one attached hydrogen (secondary N) is 1. The molecule has 0 spiro atoms. The van der Waals surface area contributed by atoms with E-state index < -0.39 is 25.1 Å². The first kappa shape index (κ1) is 15.2. The van der Waals surface area contributed by atoms with Crippen molar-refractivity contribution in [3.63, 3.8) is 0 Å². The second kappa shape index (κ2) is 4.98. The molecule has 2 heterocycles. The molecular formula is C11H22N2O4S2. The molecule has 0 bridgehead atoms. The Hall–Kier alpha value is -0.180. The van der Waals surface area contributed by atoms with Crippen LogP contribution in [0.2, 0.25) is 0 Å². The first-order chi connectivity index (χ1) is 8.69. The first-order valence-corrected chi connectivity index (χ1v) is 9.89. The molecule has 6 nitrogen and oxygen atoms in total. The zero-order valence-corrected chi connectivity index (χ0v) is 13.1. The molecule has 0 amide bonds. The van der Waals surface area contributed by atoms with Gasteiger partial charge in [0, 0.05) is 18.6 Å². The molecule has 0 saturated carbocycles. The minimum Gasteiger partial charge on any atom is -0.314 e. The highest BCUT2D eigenvalue weighted by Crippen LogP contribution is 2.28. The maximum absolute atomic E-state index is 12.4. The second-order valence-electron chi connectivity index (χ2n) is 5.78. The van der Waals surface area contributed by atoms with Gasteiger partial charge in [-0.3, -0.25) is 0 Å². The maximum atomic E-state index is 12.4. The SMILES string of the molecule is CNC1(C)CCN(S(=O)(=O)C2CCS(=O)(=O)C2)CC1. The van der Waals surface area contributed by atoms with Crippen molar-refractivity contribution in [3.05, 3.63) is 0 Å². The van der Waals surface area contributed by atoms with Gasteiger partial charge in [-0.25, -0.2) is 21.1 Å². The van der Waals surface area contributed by atoms with Gasteiger partial charge in [0.25, 0.3) is 0 Å². The molecule has 1 atom stereocenters. The van der Waals surface area contributed by atoms with Crippen LogP contribution >= 0.6 is 0 Å². The summed E-state index contributed by atoms with van der Waals surface area (Å²) in [5, 5.41) is 2.48. The van der Waals surface area contributed by atoms with E-state index in [0.717, 1.165) is 12.8 Å². The third-order valence-electron chi connectivity index (χ3n) is 4.40. The van der Waals surface area contributed by atoms with E-state index in [9.17, 15) is 16.8 Å². The number of piperidine rings is 1.